The van der Waals surface area contributed by atoms with Crippen LogP contribution in [0.3, 0.4) is 0 Å². The van der Waals surface area contributed by atoms with Crippen molar-refractivity contribution in [1.82, 2.24) is 4.31 Å². The van der Waals surface area contributed by atoms with Crippen molar-refractivity contribution >= 4 is 21.6 Å². The first-order chi connectivity index (χ1) is 5.82. The second-order valence-electron chi connectivity index (χ2n) is 3.68. The Bertz CT molecular complexity index is 239. The molecule has 0 rings (SSSR count). The largest absolute Gasteiger partial charge is 0.217 e. The van der Waals surface area contributed by atoms with E-state index in [0.29, 0.717) is 12.5 Å². The molecule has 0 saturated heterocycles. The van der Waals surface area contributed by atoms with Gasteiger partial charge in [0.25, 0.3) is 0 Å². The Kier molecular flexibility index (Phi) is 5.25. The molecular weight excluding hydrogens is 210 g/mol. The molecule has 0 N–H and O–H groups in total. The fourth-order valence-electron chi connectivity index (χ4n) is 1.00. The normalized spacial score (nSPS) is 15.3. The summed E-state index contributed by atoms with van der Waals surface area (Å²) in [5.41, 5.74) is 0. The van der Waals surface area contributed by atoms with E-state index in [9.17, 15) is 8.42 Å². The molecule has 1 atom stereocenters. The van der Waals surface area contributed by atoms with Crippen LogP contribution in [0, 0.1) is 5.92 Å². The van der Waals surface area contributed by atoms with E-state index < -0.39 is 15.3 Å². The maximum Gasteiger partial charge on any atom is 0.217 e. The maximum absolute atomic E-state index is 11.6. The number of sulfonamides is 1. The molecule has 0 fully saturated rings. The van der Waals surface area contributed by atoms with E-state index in [-0.39, 0.29) is 5.88 Å². The topological polar surface area (TPSA) is 37.4 Å². The van der Waals surface area contributed by atoms with Gasteiger partial charge in [-0.3, -0.25) is 0 Å². The second-order valence-corrected chi connectivity index (χ2v) is 6.45. The third-order valence-electron chi connectivity index (χ3n) is 1.78. The standard InChI is InChI=1S/C8H18ClNO2S/c1-7(2)6-10(4)13(11,12)8(3)5-9/h7-8H,5-6H2,1-4H3. The Labute approximate surface area is 86.1 Å². The predicted octanol–water partition coefficient (Wildman–Crippen LogP) is 1.53. The van der Waals surface area contributed by atoms with E-state index in [1.54, 1.807) is 14.0 Å². The molecule has 1 unspecified atom stereocenters. The van der Waals surface area contributed by atoms with Gasteiger partial charge in [0, 0.05) is 19.5 Å². The van der Waals surface area contributed by atoms with Gasteiger partial charge < -0.3 is 0 Å². The number of rotatable bonds is 5. The lowest BCUT2D eigenvalue weighted by Crippen LogP contribution is -2.37. The molecule has 5 heteroatoms. The van der Waals surface area contributed by atoms with Gasteiger partial charge in [-0.25, -0.2) is 12.7 Å². The maximum atomic E-state index is 11.6. The highest BCUT2D eigenvalue weighted by Crippen LogP contribution is 2.10. The number of hydrogen-bond acceptors (Lipinski definition) is 2. The van der Waals surface area contributed by atoms with Gasteiger partial charge in [-0.1, -0.05) is 13.8 Å². The Morgan fingerprint density at radius 3 is 2.08 bits per heavy atom. The zero-order valence-electron chi connectivity index (χ0n) is 8.62. The lowest BCUT2D eigenvalue weighted by molar-refractivity contribution is 0.413. The molecule has 80 valence electrons. The van der Waals surface area contributed by atoms with Crippen LogP contribution in [0.25, 0.3) is 0 Å². The minimum absolute atomic E-state index is 0.144. The number of halogens is 1. The van der Waals surface area contributed by atoms with Crippen LogP contribution in [0.1, 0.15) is 20.8 Å². The highest BCUT2D eigenvalue weighted by Gasteiger charge is 2.25. The molecule has 0 aliphatic rings. The van der Waals surface area contributed by atoms with Crippen LogP contribution in [0.5, 0.6) is 0 Å². The quantitative estimate of drug-likeness (QED) is 0.668. The van der Waals surface area contributed by atoms with Crippen LogP contribution in [-0.4, -0.2) is 37.4 Å². The molecule has 0 aliphatic carbocycles. The first-order valence-corrected chi connectivity index (χ1v) is 6.37. The molecule has 0 amide bonds. The van der Waals surface area contributed by atoms with Crippen molar-refractivity contribution in [3.63, 3.8) is 0 Å². The van der Waals surface area contributed by atoms with Crippen LogP contribution in [-0.2, 0) is 10.0 Å². The second kappa shape index (κ2) is 5.17. The van der Waals surface area contributed by atoms with Gasteiger partial charge >= 0.3 is 0 Å². The monoisotopic (exact) mass is 227 g/mol. The van der Waals surface area contributed by atoms with E-state index >= 15 is 0 Å². The van der Waals surface area contributed by atoms with E-state index in [2.05, 4.69) is 0 Å². The average Bonchev–Trinajstić information content (AvgIpc) is 2.01. The molecule has 0 saturated carbocycles. The van der Waals surface area contributed by atoms with Crippen molar-refractivity contribution in [3.05, 3.63) is 0 Å². The van der Waals surface area contributed by atoms with Crippen molar-refractivity contribution in [3.8, 4) is 0 Å². The number of nitrogens with zero attached hydrogens (tertiary/aromatic N) is 1. The number of hydrogen-bond donors (Lipinski definition) is 0. The predicted molar refractivity (Wildman–Crippen MR) is 56.6 cm³/mol. The molecule has 0 bridgehead atoms. The van der Waals surface area contributed by atoms with Gasteiger partial charge in [-0.15, -0.1) is 11.6 Å². The lowest BCUT2D eigenvalue weighted by atomic mass is 10.2. The van der Waals surface area contributed by atoms with Gasteiger partial charge in [-0.05, 0) is 12.8 Å². The van der Waals surface area contributed by atoms with Crippen molar-refractivity contribution in [2.24, 2.45) is 5.92 Å². The first-order valence-electron chi connectivity index (χ1n) is 4.33. The smallest absolute Gasteiger partial charge is 0.212 e. The lowest BCUT2D eigenvalue weighted by Gasteiger charge is -2.22. The van der Waals surface area contributed by atoms with E-state index in [1.807, 2.05) is 13.8 Å². The van der Waals surface area contributed by atoms with Gasteiger partial charge in [0.2, 0.25) is 10.0 Å². The SMILES string of the molecule is CC(C)CN(C)S(=O)(=O)C(C)CCl. The van der Waals surface area contributed by atoms with Gasteiger partial charge in [0.15, 0.2) is 0 Å². The summed E-state index contributed by atoms with van der Waals surface area (Å²) in [7, 11) is -1.59. The summed E-state index contributed by atoms with van der Waals surface area (Å²) in [6.45, 7) is 6.14. The van der Waals surface area contributed by atoms with Crippen LogP contribution < -0.4 is 0 Å². The third-order valence-corrected chi connectivity index (χ3v) is 4.63. The summed E-state index contributed by atoms with van der Waals surface area (Å²) in [5, 5.41) is -0.502. The van der Waals surface area contributed by atoms with Crippen molar-refractivity contribution < 1.29 is 8.42 Å². The molecule has 0 radical (unpaired) electrons. The zero-order valence-corrected chi connectivity index (χ0v) is 10.2. The Balaban J connectivity index is 4.46. The van der Waals surface area contributed by atoms with Gasteiger partial charge in [0.1, 0.15) is 0 Å². The summed E-state index contributed by atoms with van der Waals surface area (Å²) in [6, 6.07) is 0. The summed E-state index contributed by atoms with van der Waals surface area (Å²) in [5.74, 6) is 0.479. The van der Waals surface area contributed by atoms with Crippen LogP contribution in [0.15, 0.2) is 0 Å². The van der Waals surface area contributed by atoms with E-state index in [4.69, 9.17) is 11.6 Å². The molecule has 0 aromatic rings. The summed E-state index contributed by atoms with van der Waals surface area (Å²) < 4.78 is 24.7. The number of alkyl halides is 1. The summed E-state index contributed by atoms with van der Waals surface area (Å²) in [6.07, 6.45) is 0. The van der Waals surface area contributed by atoms with Crippen LogP contribution in [0.4, 0.5) is 0 Å². The average molecular weight is 228 g/mol. The fourth-order valence-corrected chi connectivity index (χ4v) is 2.76. The van der Waals surface area contributed by atoms with Crippen molar-refractivity contribution in [2.45, 2.75) is 26.0 Å². The molecule has 0 aromatic heterocycles. The first kappa shape index (κ1) is 13.2. The van der Waals surface area contributed by atoms with Crippen molar-refractivity contribution in [2.75, 3.05) is 19.5 Å². The Morgan fingerprint density at radius 2 is 1.77 bits per heavy atom. The minimum atomic E-state index is -3.18. The van der Waals surface area contributed by atoms with Crippen LogP contribution in [0.2, 0.25) is 0 Å². The van der Waals surface area contributed by atoms with Gasteiger partial charge in [0.05, 0.1) is 5.25 Å². The highest BCUT2D eigenvalue weighted by molar-refractivity contribution is 7.89. The van der Waals surface area contributed by atoms with Gasteiger partial charge in [-0.2, -0.15) is 0 Å². The summed E-state index contributed by atoms with van der Waals surface area (Å²) in [4.78, 5) is 0. The molecule has 3 nitrogen and oxygen atoms in total. The van der Waals surface area contributed by atoms with E-state index in [0.717, 1.165) is 0 Å². The van der Waals surface area contributed by atoms with E-state index in [1.165, 1.54) is 4.31 Å². The molecule has 0 aliphatic heterocycles. The van der Waals surface area contributed by atoms with Crippen LogP contribution >= 0.6 is 11.6 Å². The molecule has 0 spiro atoms. The summed E-state index contributed by atoms with van der Waals surface area (Å²) >= 11 is 5.51. The fraction of sp³-hybridized carbons (Fsp3) is 1.00. The minimum Gasteiger partial charge on any atom is -0.212 e. The molecule has 0 aromatic carbocycles. The molecular formula is C8H18ClNO2S. The van der Waals surface area contributed by atoms with Crippen molar-refractivity contribution in [1.29, 1.82) is 0 Å². The Morgan fingerprint density at radius 1 is 1.31 bits per heavy atom. The zero-order chi connectivity index (χ0) is 10.6. The third kappa shape index (κ3) is 3.83. The Hall–Kier alpha value is 0.200. The molecule has 13 heavy (non-hydrogen) atoms. The highest BCUT2D eigenvalue weighted by atomic mass is 35.5. The molecule has 0 heterocycles.